The number of halogens is 3. The van der Waals surface area contributed by atoms with E-state index < -0.39 is 12.7 Å². The molecule has 126 valence electrons. The van der Waals surface area contributed by atoms with Crippen LogP contribution in [-0.2, 0) is 11.2 Å². The molecule has 0 spiro atoms. The molecule has 0 aliphatic heterocycles. The van der Waals surface area contributed by atoms with Crippen molar-refractivity contribution in [1.82, 2.24) is 10.6 Å². The number of benzene rings is 1. The van der Waals surface area contributed by atoms with Gasteiger partial charge in [0, 0.05) is 11.1 Å². The number of ether oxygens (including phenoxy) is 1. The first-order chi connectivity index (χ1) is 11.0. The van der Waals surface area contributed by atoms with Crippen molar-refractivity contribution >= 4 is 17.6 Å². The van der Waals surface area contributed by atoms with E-state index in [0.29, 0.717) is 24.3 Å². The molecule has 0 bridgehead atoms. The van der Waals surface area contributed by atoms with Gasteiger partial charge in [0.05, 0.1) is 12.1 Å². The van der Waals surface area contributed by atoms with Crippen LogP contribution in [0.15, 0.2) is 18.2 Å². The molecular formula is C16H19ClF2N2O2. The second kappa shape index (κ2) is 7.01. The van der Waals surface area contributed by atoms with E-state index in [9.17, 15) is 13.6 Å². The van der Waals surface area contributed by atoms with E-state index in [4.69, 9.17) is 11.6 Å². The van der Waals surface area contributed by atoms with E-state index in [1.165, 1.54) is 0 Å². The molecule has 4 nitrogen and oxygen atoms in total. The first-order valence-electron chi connectivity index (χ1n) is 7.80. The molecule has 0 saturated heterocycles. The van der Waals surface area contributed by atoms with Gasteiger partial charge in [-0.1, -0.05) is 17.7 Å². The molecule has 2 unspecified atom stereocenters. The minimum atomic E-state index is -2.76. The standard InChI is InChI=1S/C16H19ClF2N2O2/c17-10-2-5-13-9(7-10)1-6-14(13)21-16(22)20-11-3-4-12(8-11)23-15(18)19/h2,5,7,11-12,14-15H,1,3-4,6,8H2,(H2,20,21,22)/t11?,12?,14-/m1/s1. The van der Waals surface area contributed by atoms with Crippen LogP contribution in [0.4, 0.5) is 13.6 Å². The number of hydrogen-bond donors (Lipinski definition) is 2. The number of hydrogen-bond acceptors (Lipinski definition) is 2. The molecule has 2 aliphatic carbocycles. The van der Waals surface area contributed by atoms with Crippen LogP contribution in [0.25, 0.3) is 0 Å². The van der Waals surface area contributed by atoms with Crippen LogP contribution in [0, 0.1) is 0 Å². The van der Waals surface area contributed by atoms with Crippen LogP contribution in [0.2, 0.25) is 5.02 Å². The summed E-state index contributed by atoms with van der Waals surface area (Å²) in [5.41, 5.74) is 2.25. The number of carbonyl (C=O) groups excluding carboxylic acids is 1. The molecule has 0 radical (unpaired) electrons. The number of urea groups is 1. The van der Waals surface area contributed by atoms with Crippen LogP contribution >= 0.6 is 11.6 Å². The van der Waals surface area contributed by atoms with Gasteiger partial charge in [-0.05, 0) is 55.4 Å². The molecule has 0 heterocycles. The van der Waals surface area contributed by atoms with Gasteiger partial charge in [-0.3, -0.25) is 0 Å². The Morgan fingerprint density at radius 1 is 1.26 bits per heavy atom. The molecule has 0 aromatic heterocycles. The maximum atomic E-state index is 12.2. The highest BCUT2D eigenvalue weighted by molar-refractivity contribution is 6.30. The number of fused-ring (bicyclic) bond motifs is 1. The highest BCUT2D eigenvalue weighted by Gasteiger charge is 2.30. The summed E-state index contributed by atoms with van der Waals surface area (Å²) in [6.45, 7) is -2.76. The van der Waals surface area contributed by atoms with Crippen LogP contribution in [-0.4, -0.2) is 24.8 Å². The molecule has 2 amide bonds. The predicted octanol–water partition coefficient (Wildman–Crippen LogP) is 3.79. The van der Waals surface area contributed by atoms with Crippen LogP contribution in [0.3, 0.4) is 0 Å². The van der Waals surface area contributed by atoms with E-state index >= 15 is 0 Å². The summed E-state index contributed by atoms with van der Waals surface area (Å²) in [6.07, 6.45) is 2.87. The molecule has 3 atom stereocenters. The van der Waals surface area contributed by atoms with E-state index in [2.05, 4.69) is 15.4 Å². The van der Waals surface area contributed by atoms with Gasteiger partial charge in [0.25, 0.3) is 0 Å². The summed E-state index contributed by atoms with van der Waals surface area (Å²) in [7, 11) is 0. The summed E-state index contributed by atoms with van der Waals surface area (Å²) in [6, 6.07) is 5.28. The fraction of sp³-hybridized carbons (Fsp3) is 0.562. The minimum Gasteiger partial charge on any atom is -0.335 e. The number of alkyl halides is 2. The van der Waals surface area contributed by atoms with Crippen molar-refractivity contribution in [2.45, 2.75) is 56.9 Å². The lowest BCUT2D eigenvalue weighted by Gasteiger charge is -2.18. The number of aryl methyl sites for hydroxylation is 1. The molecule has 1 aromatic rings. The Hall–Kier alpha value is -1.40. The van der Waals surface area contributed by atoms with Gasteiger partial charge in [0.1, 0.15) is 0 Å². The third-order valence-corrected chi connectivity index (χ3v) is 4.74. The van der Waals surface area contributed by atoms with Crippen LogP contribution in [0.1, 0.15) is 42.9 Å². The molecule has 2 aliphatic rings. The highest BCUT2D eigenvalue weighted by atomic mass is 35.5. The SMILES string of the molecule is O=C(NC1CCC(OC(F)F)C1)N[C@@H]1CCc2cc(Cl)ccc21. The van der Waals surface area contributed by atoms with Crippen molar-refractivity contribution in [3.8, 4) is 0 Å². The fourth-order valence-electron chi connectivity index (χ4n) is 3.46. The molecule has 1 saturated carbocycles. The number of nitrogens with one attached hydrogen (secondary N) is 2. The highest BCUT2D eigenvalue weighted by Crippen LogP contribution is 2.33. The van der Waals surface area contributed by atoms with Gasteiger partial charge >= 0.3 is 12.6 Å². The topological polar surface area (TPSA) is 50.4 Å². The lowest BCUT2D eigenvalue weighted by atomic mass is 10.1. The first-order valence-corrected chi connectivity index (χ1v) is 8.18. The van der Waals surface area contributed by atoms with Gasteiger partial charge in [0.15, 0.2) is 0 Å². The monoisotopic (exact) mass is 344 g/mol. The van der Waals surface area contributed by atoms with Gasteiger partial charge in [-0.2, -0.15) is 8.78 Å². The van der Waals surface area contributed by atoms with Gasteiger partial charge in [-0.15, -0.1) is 0 Å². The van der Waals surface area contributed by atoms with Crippen molar-refractivity contribution in [2.75, 3.05) is 0 Å². The number of rotatable bonds is 4. The average molecular weight is 345 g/mol. The van der Waals surface area contributed by atoms with E-state index in [1.54, 1.807) is 0 Å². The zero-order valence-corrected chi connectivity index (χ0v) is 13.3. The van der Waals surface area contributed by atoms with Crippen molar-refractivity contribution < 1.29 is 18.3 Å². The zero-order chi connectivity index (χ0) is 16.4. The van der Waals surface area contributed by atoms with E-state index in [1.807, 2.05) is 18.2 Å². The first kappa shape index (κ1) is 16.5. The third kappa shape index (κ3) is 4.12. The number of amides is 2. The summed E-state index contributed by atoms with van der Waals surface area (Å²) < 4.78 is 28.9. The Labute approximate surface area is 138 Å². The normalized spacial score (nSPS) is 26.3. The Morgan fingerprint density at radius 3 is 2.87 bits per heavy atom. The van der Waals surface area contributed by atoms with E-state index in [-0.39, 0.29) is 18.1 Å². The third-order valence-electron chi connectivity index (χ3n) is 4.50. The molecule has 2 N–H and O–H groups in total. The maximum Gasteiger partial charge on any atom is 0.345 e. The molecule has 3 rings (SSSR count). The predicted molar refractivity (Wildman–Crippen MR) is 82.7 cm³/mol. The second-order valence-electron chi connectivity index (χ2n) is 6.08. The number of carbonyl (C=O) groups is 1. The molecule has 7 heteroatoms. The summed E-state index contributed by atoms with van der Waals surface area (Å²) >= 11 is 5.97. The summed E-state index contributed by atoms with van der Waals surface area (Å²) in [4.78, 5) is 12.1. The molecule has 23 heavy (non-hydrogen) atoms. The maximum absolute atomic E-state index is 12.2. The van der Waals surface area contributed by atoms with E-state index in [0.717, 1.165) is 24.0 Å². The zero-order valence-electron chi connectivity index (χ0n) is 12.5. The van der Waals surface area contributed by atoms with Gasteiger partial charge in [-0.25, -0.2) is 4.79 Å². The minimum absolute atomic E-state index is 0.0308. The lowest BCUT2D eigenvalue weighted by molar-refractivity contribution is -0.160. The summed E-state index contributed by atoms with van der Waals surface area (Å²) in [5.74, 6) is 0. The average Bonchev–Trinajstić information content (AvgIpc) is 3.05. The quantitative estimate of drug-likeness (QED) is 0.873. The van der Waals surface area contributed by atoms with Crippen molar-refractivity contribution in [3.05, 3.63) is 34.3 Å². The summed E-state index contributed by atoms with van der Waals surface area (Å²) in [5, 5.41) is 6.50. The van der Waals surface area contributed by atoms with Crippen LogP contribution in [0.5, 0.6) is 0 Å². The van der Waals surface area contributed by atoms with Gasteiger partial charge in [0.2, 0.25) is 0 Å². The van der Waals surface area contributed by atoms with Crippen molar-refractivity contribution in [3.63, 3.8) is 0 Å². The largest absolute Gasteiger partial charge is 0.345 e. The van der Waals surface area contributed by atoms with Crippen molar-refractivity contribution in [1.29, 1.82) is 0 Å². The Balaban J connectivity index is 1.50. The fourth-order valence-corrected chi connectivity index (χ4v) is 3.66. The Kier molecular flexibility index (Phi) is 5.02. The lowest BCUT2D eigenvalue weighted by Crippen LogP contribution is -2.42. The Bertz CT molecular complexity index is 585. The van der Waals surface area contributed by atoms with Crippen LogP contribution < -0.4 is 10.6 Å². The van der Waals surface area contributed by atoms with Gasteiger partial charge < -0.3 is 15.4 Å². The molecule has 1 fully saturated rings. The molecular weight excluding hydrogens is 326 g/mol. The second-order valence-corrected chi connectivity index (χ2v) is 6.52. The Morgan fingerprint density at radius 2 is 2.09 bits per heavy atom. The smallest absolute Gasteiger partial charge is 0.335 e. The molecule has 1 aromatic carbocycles. The van der Waals surface area contributed by atoms with Crippen molar-refractivity contribution in [2.24, 2.45) is 0 Å².